The topological polar surface area (TPSA) is 175 Å². The molecule has 1 aliphatic heterocycles. The maximum Gasteiger partial charge on any atom is 0.351 e. The van der Waals surface area contributed by atoms with Gasteiger partial charge in [0.05, 0.1) is 5.88 Å². The molecule has 1 aromatic heterocycles. The average Bonchev–Trinajstić information content (AvgIpc) is 3.02. The molecule has 0 aromatic carbocycles. The van der Waals surface area contributed by atoms with Crippen molar-refractivity contribution >= 4 is 29.4 Å². The molecule has 1 saturated heterocycles. The number of nitrogens with two attached hydrogens (primary N) is 3. The molecule has 2 heterocycles. The molecular weight excluding hydrogens is 461 g/mol. The van der Waals surface area contributed by atoms with Crippen LogP contribution in [0.15, 0.2) is 17.1 Å². The van der Waals surface area contributed by atoms with E-state index >= 15 is 4.39 Å². The van der Waals surface area contributed by atoms with Gasteiger partial charge in [0, 0.05) is 6.20 Å². The highest BCUT2D eigenvalue weighted by Gasteiger charge is 2.60. The number of nitrogen functional groups attached to an aromatic ring is 1. The van der Waals surface area contributed by atoms with Gasteiger partial charge in [-0.2, -0.15) is 4.98 Å². The Kier molecular flexibility index (Phi) is 8.80. The van der Waals surface area contributed by atoms with Crippen LogP contribution in [0, 0.1) is 11.8 Å². The quantitative estimate of drug-likeness (QED) is 0.317. The standard InChI is InChI=1S/C20H31ClFN5O6/c1-9(2)13(24)17(28)31-8-20(7-21)15(32-18(29)14(25)10(3)4)12(22)16(33-20)27-6-5-11(23)26-19(27)30/h5-6,9-10,12-16H,7-8,24-25H2,1-4H3,(H2,23,26,30)/t12-,13-,14+,15-,16+,20+/m0/s1. The lowest BCUT2D eigenvalue weighted by Gasteiger charge is -2.32. The second kappa shape index (κ2) is 10.8. The normalized spacial score (nSPS) is 26.9. The van der Waals surface area contributed by atoms with Crippen molar-refractivity contribution in [2.24, 2.45) is 23.3 Å². The first-order valence-electron chi connectivity index (χ1n) is 10.5. The molecule has 0 spiro atoms. The molecule has 2 rings (SSSR count). The predicted octanol–water partition coefficient (Wildman–Crippen LogP) is 0.0916. The molecule has 13 heteroatoms. The van der Waals surface area contributed by atoms with Gasteiger partial charge in [-0.1, -0.05) is 27.7 Å². The van der Waals surface area contributed by atoms with Crippen molar-refractivity contribution < 1.29 is 28.2 Å². The first-order valence-corrected chi connectivity index (χ1v) is 11.0. The molecule has 186 valence electrons. The molecule has 33 heavy (non-hydrogen) atoms. The molecule has 1 aromatic rings. The highest BCUT2D eigenvalue weighted by molar-refractivity contribution is 6.18. The van der Waals surface area contributed by atoms with Gasteiger partial charge >= 0.3 is 17.6 Å². The number of alkyl halides is 2. The van der Waals surface area contributed by atoms with E-state index in [0.29, 0.717) is 0 Å². The van der Waals surface area contributed by atoms with Crippen LogP contribution in [-0.2, 0) is 23.8 Å². The van der Waals surface area contributed by atoms with E-state index in [4.69, 9.17) is 43.0 Å². The summed E-state index contributed by atoms with van der Waals surface area (Å²) in [5.74, 6) is -2.72. The summed E-state index contributed by atoms with van der Waals surface area (Å²) < 4.78 is 32.9. The third-order valence-electron chi connectivity index (χ3n) is 5.47. The maximum absolute atomic E-state index is 15.7. The van der Waals surface area contributed by atoms with E-state index in [-0.39, 0.29) is 17.7 Å². The number of ether oxygens (including phenoxy) is 3. The van der Waals surface area contributed by atoms with Crippen LogP contribution in [0.3, 0.4) is 0 Å². The van der Waals surface area contributed by atoms with Gasteiger partial charge in [0.15, 0.2) is 24.1 Å². The lowest BCUT2D eigenvalue weighted by Crippen LogP contribution is -2.53. The lowest BCUT2D eigenvalue weighted by atomic mass is 9.97. The molecule has 0 amide bonds. The molecule has 0 unspecified atom stereocenters. The van der Waals surface area contributed by atoms with E-state index in [1.807, 2.05) is 0 Å². The fourth-order valence-electron chi connectivity index (χ4n) is 3.11. The number of aromatic nitrogens is 2. The Hall–Kier alpha value is -2.28. The van der Waals surface area contributed by atoms with Crippen LogP contribution in [0.25, 0.3) is 0 Å². The highest BCUT2D eigenvalue weighted by Crippen LogP contribution is 2.42. The fraction of sp³-hybridized carbons (Fsp3) is 0.700. The van der Waals surface area contributed by atoms with Gasteiger partial charge in [-0.25, -0.2) is 9.18 Å². The minimum absolute atomic E-state index is 0.0734. The maximum atomic E-state index is 15.7. The Morgan fingerprint density at radius 1 is 1.24 bits per heavy atom. The molecule has 6 N–H and O–H groups in total. The number of rotatable bonds is 9. The zero-order valence-corrected chi connectivity index (χ0v) is 19.7. The van der Waals surface area contributed by atoms with E-state index < -0.39 is 66.3 Å². The van der Waals surface area contributed by atoms with Gasteiger partial charge in [0.2, 0.25) is 0 Å². The average molecular weight is 492 g/mol. The number of esters is 2. The van der Waals surface area contributed by atoms with Crippen LogP contribution < -0.4 is 22.9 Å². The second-order valence-corrected chi connectivity index (χ2v) is 8.97. The van der Waals surface area contributed by atoms with Gasteiger partial charge in [0.25, 0.3) is 0 Å². The highest BCUT2D eigenvalue weighted by atomic mass is 35.5. The van der Waals surface area contributed by atoms with E-state index in [2.05, 4.69) is 4.98 Å². The van der Waals surface area contributed by atoms with Crippen molar-refractivity contribution in [2.45, 2.75) is 63.9 Å². The van der Waals surface area contributed by atoms with E-state index in [9.17, 15) is 14.4 Å². The fourth-order valence-corrected chi connectivity index (χ4v) is 3.41. The molecule has 6 atom stereocenters. The minimum atomic E-state index is -2.08. The molecule has 0 saturated carbocycles. The van der Waals surface area contributed by atoms with Crippen molar-refractivity contribution in [3.8, 4) is 0 Å². The Morgan fingerprint density at radius 2 is 1.82 bits per heavy atom. The van der Waals surface area contributed by atoms with Crippen LogP contribution in [0.1, 0.15) is 33.9 Å². The third-order valence-corrected chi connectivity index (χ3v) is 5.92. The van der Waals surface area contributed by atoms with E-state index in [0.717, 1.165) is 4.57 Å². The monoisotopic (exact) mass is 491 g/mol. The van der Waals surface area contributed by atoms with Crippen molar-refractivity contribution in [2.75, 3.05) is 18.2 Å². The summed E-state index contributed by atoms with van der Waals surface area (Å²) in [7, 11) is 0. The smallest absolute Gasteiger partial charge is 0.351 e. The molecule has 1 aliphatic rings. The minimum Gasteiger partial charge on any atom is -0.461 e. The molecular formula is C20H31ClFN5O6. The first-order chi connectivity index (χ1) is 15.3. The summed E-state index contributed by atoms with van der Waals surface area (Å²) in [6, 6.07) is -0.729. The number of carbonyl (C=O) groups is 2. The summed E-state index contributed by atoms with van der Waals surface area (Å²) in [5, 5.41) is 0. The van der Waals surface area contributed by atoms with Gasteiger partial charge in [-0.3, -0.25) is 14.2 Å². The zero-order chi connectivity index (χ0) is 25.1. The third kappa shape index (κ3) is 5.81. The number of halogens is 2. The molecule has 0 bridgehead atoms. The second-order valence-electron chi connectivity index (χ2n) is 8.70. The van der Waals surface area contributed by atoms with Crippen LogP contribution in [0.2, 0.25) is 0 Å². The van der Waals surface area contributed by atoms with Gasteiger partial charge in [-0.15, -0.1) is 11.6 Å². The SMILES string of the molecule is CC(C)[C@H](N)C(=O)OC[C@@]1(CCl)O[C@@H](n2ccc(N)nc2=O)[C@@H](F)[C@@H]1OC(=O)[C@H](N)C(C)C. The van der Waals surface area contributed by atoms with Crippen LogP contribution in [-0.4, -0.2) is 63.9 Å². The summed E-state index contributed by atoms with van der Waals surface area (Å²) in [5.41, 5.74) is 14.4. The summed E-state index contributed by atoms with van der Waals surface area (Å²) in [6.07, 6.45) is -4.13. The van der Waals surface area contributed by atoms with Gasteiger partial charge < -0.3 is 31.4 Å². The van der Waals surface area contributed by atoms with Crippen molar-refractivity contribution in [1.29, 1.82) is 0 Å². The number of hydrogen-bond donors (Lipinski definition) is 3. The Labute approximate surface area is 195 Å². The number of hydrogen-bond acceptors (Lipinski definition) is 10. The van der Waals surface area contributed by atoms with E-state index in [1.54, 1.807) is 27.7 Å². The molecule has 0 aliphatic carbocycles. The van der Waals surface area contributed by atoms with Gasteiger partial charge in [-0.05, 0) is 17.9 Å². The molecule has 1 fully saturated rings. The Morgan fingerprint density at radius 3 is 2.33 bits per heavy atom. The van der Waals surface area contributed by atoms with Crippen molar-refractivity contribution in [3.05, 3.63) is 22.7 Å². The number of carbonyl (C=O) groups excluding carboxylic acids is 2. The Balaban J connectivity index is 2.41. The number of nitrogens with zero attached hydrogens (tertiary/aromatic N) is 2. The summed E-state index contributed by atoms with van der Waals surface area (Å²) >= 11 is 6.13. The lowest BCUT2D eigenvalue weighted by molar-refractivity contribution is -0.176. The van der Waals surface area contributed by atoms with Crippen molar-refractivity contribution in [3.63, 3.8) is 0 Å². The van der Waals surface area contributed by atoms with E-state index in [1.165, 1.54) is 12.3 Å². The Bertz CT molecular complexity index is 915. The van der Waals surface area contributed by atoms with Crippen LogP contribution >= 0.6 is 11.6 Å². The van der Waals surface area contributed by atoms with Crippen LogP contribution in [0.5, 0.6) is 0 Å². The largest absolute Gasteiger partial charge is 0.461 e. The molecule has 11 nitrogen and oxygen atoms in total. The number of anilines is 1. The first kappa shape index (κ1) is 27.0. The molecule has 0 radical (unpaired) electrons. The van der Waals surface area contributed by atoms with Crippen molar-refractivity contribution in [1.82, 2.24) is 9.55 Å². The van der Waals surface area contributed by atoms with Crippen LogP contribution in [0.4, 0.5) is 10.2 Å². The zero-order valence-electron chi connectivity index (χ0n) is 18.9. The predicted molar refractivity (Wildman–Crippen MR) is 118 cm³/mol. The summed E-state index contributed by atoms with van der Waals surface area (Å²) in [6.45, 7) is 6.24. The van der Waals surface area contributed by atoms with Gasteiger partial charge in [0.1, 0.15) is 24.5 Å². The summed E-state index contributed by atoms with van der Waals surface area (Å²) in [4.78, 5) is 40.7.